The maximum Gasteiger partial charge on any atom is 0.306 e. The van der Waals surface area contributed by atoms with E-state index in [1.165, 1.54) is 57.8 Å². The van der Waals surface area contributed by atoms with Crippen molar-refractivity contribution in [2.45, 2.75) is 174 Å². The Morgan fingerprint density at radius 3 is 1.80 bits per heavy atom. The number of carbonyl (C=O) groups excluding carboxylic acids is 2. The zero-order valence-corrected chi connectivity index (χ0v) is 28.7. The molecule has 1 unspecified atom stereocenters. The minimum Gasteiger partial charge on any atom is -0.462 e. The van der Waals surface area contributed by atoms with E-state index in [-0.39, 0.29) is 25.2 Å². The van der Waals surface area contributed by atoms with Crippen LogP contribution in [0.2, 0.25) is 0 Å². The van der Waals surface area contributed by atoms with Gasteiger partial charge < -0.3 is 19.7 Å². The van der Waals surface area contributed by atoms with Gasteiger partial charge in [0.1, 0.15) is 6.61 Å². The Hall–Kier alpha value is -1.92. The fourth-order valence-electron chi connectivity index (χ4n) is 4.95. The zero-order chi connectivity index (χ0) is 32.5. The smallest absolute Gasteiger partial charge is 0.306 e. The van der Waals surface area contributed by atoms with E-state index >= 15 is 0 Å². The third-order valence-corrected chi connectivity index (χ3v) is 7.71. The first kappa shape index (κ1) is 42.1. The van der Waals surface area contributed by atoms with Gasteiger partial charge in [0, 0.05) is 12.8 Å². The Bertz CT molecular complexity index is 742. The highest BCUT2D eigenvalue weighted by Gasteiger charge is 2.16. The number of rotatable bonds is 31. The fourth-order valence-corrected chi connectivity index (χ4v) is 4.95. The zero-order valence-electron chi connectivity index (χ0n) is 28.7. The Morgan fingerprint density at radius 1 is 0.682 bits per heavy atom. The first-order valence-corrected chi connectivity index (χ1v) is 18.0. The maximum absolute atomic E-state index is 12.1. The maximum atomic E-state index is 12.1. The van der Waals surface area contributed by atoms with E-state index in [1.54, 1.807) is 0 Å². The molecule has 0 aromatic heterocycles. The average Bonchev–Trinajstić information content (AvgIpc) is 3.00. The van der Waals surface area contributed by atoms with Crippen LogP contribution < -0.4 is 0 Å². The number of unbranched alkanes of at least 4 members (excludes halogenated alkanes) is 15. The van der Waals surface area contributed by atoms with Crippen LogP contribution in [0.15, 0.2) is 36.5 Å². The molecule has 0 aliphatic rings. The van der Waals surface area contributed by atoms with Crippen LogP contribution in [-0.4, -0.2) is 47.6 Å². The number of aliphatic hydroxyl groups is 2. The van der Waals surface area contributed by atoms with Gasteiger partial charge in [-0.15, -0.1) is 0 Å². The number of carbonyl (C=O) groups is 2. The molecule has 0 aromatic rings. The fraction of sp³-hybridized carbons (Fsp3) is 0.789. The van der Waals surface area contributed by atoms with Crippen molar-refractivity contribution in [3.8, 4) is 0 Å². The third-order valence-electron chi connectivity index (χ3n) is 7.71. The van der Waals surface area contributed by atoms with Crippen molar-refractivity contribution < 1.29 is 29.3 Å². The van der Waals surface area contributed by atoms with Gasteiger partial charge >= 0.3 is 11.9 Å². The largest absolute Gasteiger partial charge is 0.462 e. The first-order chi connectivity index (χ1) is 21.4. The third kappa shape index (κ3) is 31.5. The van der Waals surface area contributed by atoms with Gasteiger partial charge in [0.15, 0.2) is 6.10 Å². The molecular formula is C38H68O6. The number of allylic oxidation sites excluding steroid dienone is 4. The Kier molecular flexibility index (Phi) is 31.1. The second-order valence-electron chi connectivity index (χ2n) is 12.6. The van der Waals surface area contributed by atoms with E-state index in [9.17, 15) is 19.8 Å². The number of aliphatic hydroxyl groups excluding tert-OH is 2. The molecule has 0 radical (unpaired) electrons. The van der Waals surface area contributed by atoms with Crippen LogP contribution >= 0.6 is 0 Å². The van der Waals surface area contributed by atoms with Gasteiger partial charge in [-0.25, -0.2) is 0 Å². The molecule has 6 nitrogen and oxygen atoms in total. The molecule has 0 aliphatic heterocycles. The Balaban J connectivity index is 3.65. The summed E-state index contributed by atoms with van der Waals surface area (Å²) in [6, 6.07) is 0. The van der Waals surface area contributed by atoms with E-state index in [0.29, 0.717) is 19.3 Å². The monoisotopic (exact) mass is 621 g/mol. The minimum absolute atomic E-state index is 0.0912. The van der Waals surface area contributed by atoms with Crippen molar-refractivity contribution >= 4 is 11.9 Å². The van der Waals surface area contributed by atoms with Crippen LogP contribution in [0, 0.1) is 5.92 Å². The van der Waals surface area contributed by atoms with Crippen LogP contribution in [-0.2, 0) is 19.1 Å². The van der Waals surface area contributed by atoms with Crippen molar-refractivity contribution in [2.75, 3.05) is 13.2 Å². The summed E-state index contributed by atoms with van der Waals surface area (Å²) in [5, 5.41) is 19.3. The predicted molar refractivity (Wildman–Crippen MR) is 183 cm³/mol. The molecule has 256 valence electrons. The first-order valence-electron chi connectivity index (χ1n) is 18.0. The minimum atomic E-state index is -0.791. The molecule has 0 spiro atoms. The van der Waals surface area contributed by atoms with Gasteiger partial charge in [-0.1, -0.05) is 147 Å². The predicted octanol–water partition coefficient (Wildman–Crippen LogP) is 9.72. The lowest BCUT2D eigenvalue weighted by molar-refractivity contribution is -0.161. The standard InChI is InChI=1S/C38H68O6/c1-4-5-22-28-35(40)29-24-19-15-11-9-13-16-20-25-30-37(41)43-33-36(32-39)44-38(42)31-26-21-17-12-8-6-7-10-14-18-23-27-34(2)3/h5,15,19,22,24,29,34-36,39-40H,4,6-14,16-18,20-21,23,25-28,30-33H2,1-3H3/b19-15+,22-5+,29-24+/t35?,36-/m0/s1. The Morgan fingerprint density at radius 2 is 1.23 bits per heavy atom. The summed E-state index contributed by atoms with van der Waals surface area (Å²) in [5.74, 6) is 0.182. The summed E-state index contributed by atoms with van der Waals surface area (Å²) in [7, 11) is 0. The SMILES string of the molecule is CC/C=C/CC(O)/C=C/C=C/CCCCCCCC(=O)OC[C@H](CO)OC(=O)CCCCCCCCCCCCCC(C)C. The van der Waals surface area contributed by atoms with Crippen LogP contribution in [0.3, 0.4) is 0 Å². The molecule has 0 rings (SSSR count). The van der Waals surface area contributed by atoms with Crippen molar-refractivity contribution in [1.29, 1.82) is 0 Å². The van der Waals surface area contributed by atoms with E-state index < -0.39 is 12.2 Å². The van der Waals surface area contributed by atoms with E-state index in [2.05, 4.69) is 32.9 Å². The molecular weight excluding hydrogens is 552 g/mol. The average molecular weight is 621 g/mol. The van der Waals surface area contributed by atoms with E-state index in [0.717, 1.165) is 70.1 Å². The number of hydrogen-bond donors (Lipinski definition) is 2. The van der Waals surface area contributed by atoms with E-state index in [1.807, 2.05) is 24.3 Å². The topological polar surface area (TPSA) is 93.1 Å². The molecule has 0 aliphatic carbocycles. The summed E-state index contributed by atoms with van der Waals surface area (Å²) in [5.41, 5.74) is 0. The molecule has 0 aromatic carbocycles. The highest BCUT2D eigenvalue weighted by molar-refractivity contribution is 5.70. The molecule has 0 fully saturated rings. The molecule has 0 saturated carbocycles. The molecule has 2 atom stereocenters. The highest BCUT2D eigenvalue weighted by atomic mass is 16.6. The molecule has 0 amide bonds. The highest BCUT2D eigenvalue weighted by Crippen LogP contribution is 2.14. The van der Waals surface area contributed by atoms with E-state index in [4.69, 9.17) is 9.47 Å². The van der Waals surface area contributed by atoms with Crippen molar-refractivity contribution in [1.82, 2.24) is 0 Å². The summed E-state index contributed by atoms with van der Waals surface area (Å²) in [6.07, 6.45) is 33.9. The van der Waals surface area contributed by atoms with Crippen LogP contribution in [0.4, 0.5) is 0 Å². The van der Waals surface area contributed by atoms with Crippen LogP contribution in [0.5, 0.6) is 0 Å². The summed E-state index contributed by atoms with van der Waals surface area (Å²) < 4.78 is 10.5. The van der Waals surface area contributed by atoms with Crippen molar-refractivity contribution in [2.24, 2.45) is 5.92 Å². The quantitative estimate of drug-likeness (QED) is 0.0347. The molecule has 0 heterocycles. The lowest BCUT2D eigenvalue weighted by Gasteiger charge is -2.15. The molecule has 0 bridgehead atoms. The summed E-state index contributed by atoms with van der Waals surface area (Å²) >= 11 is 0. The van der Waals surface area contributed by atoms with Crippen molar-refractivity contribution in [3.05, 3.63) is 36.5 Å². The number of ether oxygens (including phenoxy) is 2. The molecule has 44 heavy (non-hydrogen) atoms. The molecule has 6 heteroatoms. The normalized spacial score (nSPS) is 13.4. The van der Waals surface area contributed by atoms with Gasteiger partial charge in [-0.2, -0.15) is 0 Å². The molecule has 2 N–H and O–H groups in total. The van der Waals surface area contributed by atoms with Crippen molar-refractivity contribution in [3.63, 3.8) is 0 Å². The van der Waals surface area contributed by atoms with Crippen LogP contribution in [0.1, 0.15) is 162 Å². The summed E-state index contributed by atoms with van der Waals surface area (Å²) in [6.45, 7) is 6.23. The summed E-state index contributed by atoms with van der Waals surface area (Å²) in [4.78, 5) is 24.2. The van der Waals surface area contributed by atoms with Gasteiger partial charge in [0.2, 0.25) is 0 Å². The van der Waals surface area contributed by atoms with Gasteiger partial charge in [-0.05, 0) is 44.4 Å². The lowest BCUT2D eigenvalue weighted by Crippen LogP contribution is -2.28. The van der Waals surface area contributed by atoms with Crippen LogP contribution in [0.25, 0.3) is 0 Å². The number of esters is 2. The second-order valence-corrected chi connectivity index (χ2v) is 12.6. The van der Waals surface area contributed by atoms with Gasteiger partial charge in [-0.3, -0.25) is 9.59 Å². The Labute approximate surface area is 270 Å². The number of hydrogen-bond acceptors (Lipinski definition) is 6. The lowest BCUT2D eigenvalue weighted by atomic mass is 10.0. The second kappa shape index (κ2) is 32.5. The van der Waals surface area contributed by atoms with Gasteiger partial charge in [0.05, 0.1) is 12.7 Å². The molecule has 0 saturated heterocycles. The van der Waals surface area contributed by atoms with Gasteiger partial charge in [0.25, 0.3) is 0 Å².